The van der Waals surface area contributed by atoms with Gasteiger partial charge in [0.1, 0.15) is 0 Å². The highest BCUT2D eigenvalue weighted by Crippen LogP contribution is 2.31. The molecule has 0 radical (unpaired) electrons. The van der Waals surface area contributed by atoms with Gasteiger partial charge in [0, 0.05) is 18.6 Å². The molecule has 3 heterocycles. The van der Waals surface area contributed by atoms with Gasteiger partial charge in [0.2, 0.25) is 5.91 Å². The van der Waals surface area contributed by atoms with Gasteiger partial charge in [-0.1, -0.05) is 35.6 Å². The predicted octanol–water partition coefficient (Wildman–Crippen LogP) is 2.94. The number of carbonyl (C=O) groups is 1. The van der Waals surface area contributed by atoms with Crippen LogP contribution in [-0.2, 0) is 18.3 Å². The molecule has 0 atom stereocenters. The Morgan fingerprint density at radius 3 is 2.64 bits per heavy atom. The lowest BCUT2D eigenvalue weighted by molar-refractivity contribution is -0.115. The summed E-state index contributed by atoms with van der Waals surface area (Å²) in [5.41, 5.74) is 2.00. The molecule has 0 saturated carbocycles. The summed E-state index contributed by atoms with van der Waals surface area (Å²) < 4.78 is 1.26. The molecular formula is C20H17N5O2S. The second-order valence-electron chi connectivity index (χ2n) is 6.29. The van der Waals surface area contributed by atoms with E-state index in [4.69, 9.17) is 0 Å². The first-order valence-electron chi connectivity index (χ1n) is 8.66. The number of pyridine rings is 1. The lowest BCUT2D eigenvalue weighted by atomic mass is 10.1. The molecule has 0 bridgehead atoms. The number of nitrogens with one attached hydrogen (secondary N) is 1. The van der Waals surface area contributed by atoms with Crippen LogP contribution in [0.25, 0.3) is 21.3 Å². The molecule has 4 rings (SSSR count). The highest BCUT2D eigenvalue weighted by atomic mass is 32.1. The molecule has 8 heteroatoms. The van der Waals surface area contributed by atoms with Gasteiger partial charge in [-0.2, -0.15) is 5.10 Å². The molecule has 0 fully saturated rings. The zero-order chi connectivity index (χ0) is 19.7. The van der Waals surface area contributed by atoms with E-state index in [1.54, 1.807) is 31.4 Å². The zero-order valence-corrected chi connectivity index (χ0v) is 16.2. The van der Waals surface area contributed by atoms with Crippen molar-refractivity contribution in [2.45, 2.75) is 13.3 Å². The number of rotatable bonds is 4. The Kier molecular flexibility index (Phi) is 4.70. The largest absolute Gasteiger partial charge is 0.302 e. The minimum Gasteiger partial charge on any atom is -0.302 e. The smallest absolute Gasteiger partial charge is 0.274 e. The number of hydrogen-bond acceptors (Lipinski definition) is 6. The molecular weight excluding hydrogens is 374 g/mol. The van der Waals surface area contributed by atoms with Gasteiger partial charge in [-0.25, -0.2) is 9.67 Å². The monoisotopic (exact) mass is 391 g/mol. The maximum atomic E-state index is 12.6. The van der Waals surface area contributed by atoms with Crippen molar-refractivity contribution in [1.29, 1.82) is 0 Å². The van der Waals surface area contributed by atoms with Crippen LogP contribution in [-0.4, -0.2) is 25.7 Å². The molecule has 4 aromatic rings. The average Bonchev–Trinajstić information content (AvgIpc) is 3.06. The lowest BCUT2D eigenvalue weighted by Crippen LogP contribution is -2.24. The van der Waals surface area contributed by atoms with Crippen molar-refractivity contribution in [1.82, 2.24) is 19.7 Å². The van der Waals surface area contributed by atoms with Gasteiger partial charge in [0.25, 0.3) is 5.56 Å². The van der Waals surface area contributed by atoms with E-state index in [1.807, 2.05) is 31.2 Å². The number of thiazole rings is 1. The molecule has 1 N–H and O–H groups in total. The third-order valence-electron chi connectivity index (χ3n) is 4.30. The van der Waals surface area contributed by atoms with Crippen molar-refractivity contribution >= 4 is 33.1 Å². The van der Waals surface area contributed by atoms with E-state index >= 15 is 0 Å². The average molecular weight is 391 g/mol. The molecule has 0 saturated heterocycles. The van der Waals surface area contributed by atoms with E-state index in [2.05, 4.69) is 20.4 Å². The predicted molar refractivity (Wildman–Crippen MR) is 109 cm³/mol. The Morgan fingerprint density at radius 2 is 1.89 bits per heavy atom. The van der Waals surface area contributed by atoms with E-state index in [-0.39, 0.29) is 17.9 Å². The number of aromatic nitrogens is 4. The summed E-state index contributed by atoms with van der Waals surface area (Å²) in [6.07, 6.45) is 1.77. The standard InChI is InChI=1S/C20H17N5O2S/c1-12-18(15-9-5-6-10-21-15)28-20(22-12)23-17(26)11-16-13-7-3-4-8-14(13)19(27)25(2)24-16/h3-10H,11H2,1-2H3,(H,22,23,26). The summed E-state index contributed by atoms with van der Waals surface area (Å²) in [4.78, 5) is 34.5. The van der Waals surface area contributed by atoms with Crippen molar-refractivity contribution in [2.75, 3.05) is 5.32 Å². The summed E-state index contributed by atoms with van der Waals surface area (Å²) in [5.74, 6) is -0.238. The molecule has 3 aromatic heterocycles. The van der Waals surface area contributed by atoms with Gasteiger partial charge in [0.05, 0.1) is 33.8 Å². The number of nitrogens with zero attached hydrogens (tertiary/aromatic N) is 4. The van der Waals surface area contributed by atoms with Gasteiger partial charge in [-0.15, -0.1) is 0 Å². The first-order chi connectivity index (χ1) is 13.5. The van der Waals surface area contributed by atoms with Gasteiger partial charge >= 0.3 is 0 Å². The van der Waals surface area contributed by atoms with Crippen LogP contribution in [0.1, 0.15) is 11.4 Å². The molecule has 0 aliphatic heterocycles. The molecule has 0 aliphatic carbocycles. The summed E-state index contributed by atoms with van der Waals surface area (Å²) in [7, 11) is 1.58. The minimum absolute atomic E-state index is 0.0478. The minimum atomic E-state index is -0.238. The summed E-state index contributed by atoms with van der Waals surface area (Å²) in [6.45, 7) is 1.89. The molecule has 7 nitrogen and oxygen atoms in total. The molecule has 1 aromatic carbocycles. The number of amides is 1. The quantitative estimate of drug-likeness (QED) is 0.578. The Hall–Kier alpha value is -3.39. The number of aryl methyl sites for hydroxylation is 2. The zero-order valence-electron chi connectivity index (χ0n) is 15.3. The number of hydrogen-bond donors (Lipinski definition) is 1. The molecule has 0 aliphatic rings. The third kappa shape index (κ3) is 3.41. The Labute approximate surface area is 164 Å². The maximum Gasteiger partial charge on any atom is 0.274 e. The lowest BCUT2D eigenvalue weighted by Gasteiger charge is -2.07. The maximum absolute atomic E-state index is 12.6. The molecule has 0 unspecified atom stereocenters. The second-order valence-corrected chi connectivity index (χ2v) is 7.29. The van der Waals surface area contributed by atoms with Crippen molar-refractivity contribution in [3.8, 4) is 10.6 Å². The first-order valence-corrected chi connectivity index (χ1v) is 9.48. The highest BCUT2D eigenvalue weighted by molar-refractivity contribution is 7.19. The van der Waals surface area contributed by atoms with Crippen LogP contribution >= 0.6 is 11.3 Å². The normalized spacial score (nSPS) is 10.9. The summed E-state index contributed by atoms with van der Waals surface area (Å²) in [6, 6.07) is 12.8. The SMILES string of the molecule is Cc1nc(NC(=O)Cc2nn(C)c(=O)c3ccccc23)sc1-c1ccccn1. The molecule has 1 amide bonds. The van der Waals surface area contributed by atoms with Gasteiger partial charge < -0.3 is 5.32 Å². The number of benzene rings is 1. The molecule has 28 heavy (non-hydrogen) atoms. The second kappa shape index (κ2) is 7.32. The van der Waals surface area contributed by atoms with Gasteiger partial charge in [-0.3, -0.25) is 14.6 Å². The van der Waals surface area contributed by atoms with Crippen LogP contribution in [0.2, 0.25) is 0 Å². The third-order valence-corrected chi connectivity index (χ3v) is 5.40. The highest BCUT2D eigenvalue weighted by Gasteiger charge is 2.16. The molecule has 0 spiro atoms. The van der Waals surface area contributed by atoms with E-state index < -0.39 is 0 Å². The van der Waals surface area contributed by atoms with Crippen LogP contribution in [0.5, 0.6) is 0 Å². The Morgan fingerprint density at radius 1 is 1.14 bits per heavy atom. The van der Waals surface area contributed by atoms with Gasteiger partial charge in [-0.05, 0) is 25.1 Å². The number of fused-ring (bicyclic) bond motifs is 1. The molecule has 140 valence electrons. The topological polar surface area (TPSA) is 89.8 Å². The van der Waals surface area contributed by atoms with Crippen LogP contribution in [0.15, 0.2) is 53.5 Å². The Balaban J connectivity index is 1.59. The van der Waals surface area contributed by atoms with E-state index in [9.17, 15) is 9.59 Å². The fourth-order valence-electron chi connectivity index (χ4n) is 3.01. The van der Waals surface area contributed by atoms with Crippen LogP contribution in [0, 0.1) is 6.92 Å². The van der Waals surface area contributed by atoms with Crippen molar-refractivity contribution in [2.24, 2.45) is 7.05 Å². The van der Waals surface area contributed by atoms with E-state index in [0.29, 0.717) is 21.6 Å². The Bertz CT molecular complexity index is 1230. The summed E-state index contributed by atoms with van der Waals surface area (Å²) in [5, 5.41) is 8.85. The van der Waals surface area contributed by atoms with Crippen LogP contribution in [0.4, 0.5) is 5.13 Å². The first kappa shape index (κ1) is 18.0. The van der Waals surface area contributed by atoms with Crippen molar-refractivity contribution < 1.29 is 4.79 Å². The number of anilines is 1. The fraction of sp³-hybridized carbons (Fsp3) is 0.150. The van der Waals surface area contributed by atoms with Gasteiger partial charge in [0.15, 0.2) is 5.13 Å². The fourth-order valence-corrected chi connectivity index (χ4v) is 3.97. The van der Waals surface area contributed by atoms with Crippen molar-refractivity contribution in [3.63, 3.8) is 0 Å². The van der Waals surface area contributed by atoms with E-state index in [0.717, 1.165) is 16.3 Å². The summed E-state index contributed by atoms with van der Waals surface area (Å²) >= 11 is 1.38. The van der Waals surface area contributed by atoms with E-state index in [1.165, 1.54) is 16.0 Å². The van der Waals surface area contributed by atoms with Crippen molar-refractivity contribution in [3.05, 3.63) is 70.4 Å². The number of carbonyl (C=O) groups excluding carboxylic acids is 1. The van der Waals surface area contributed by atoms with Crippen LogP contribution < -0.4 is 10.9 Å². The van der Waals surface area contributed by atoms with Crippen LogP contribution in [0.3, 0.4) is 0 Å².